The van der Waals surface area contributed by atoms with E-state index in [1.807, 2.05) is 12.4 Å². The summed E-state index contributed by atoms with van der Waals surface area (Å²) >= 11 is 0. The van der Waals surface area contributed by atoms with Gasteiger partial charge >= 0.3 is 0 Å². The van der Waals surface area contributed by atoms with E-state index in [0.29, 0.717) is 0 Å². The van der Waals surface area contributed by atoms with Crippen LogP contribution < -0.4 is 11.3 Å². The van der Waals surface area contributed by atoms with Crippen LogP contribution in [0.2, 0.25) is 0 Å². The third kappa shape index (κ3) is 2.62. The first-order chi connectivity index (χ1) is 9.38. The summed E-state index contributed by atoms with van der Waals surface area (Å²) in [7, 11) is 0. The van der Waals surface area contributed by atoms with Crippen molar-refractivity contribution in [2.45, 2.75) is 38.1 Å². The van der Waals surface area contributed by atoms with Gasteiger partial charge in [0.15, 0.2) is 0 Å². The van der Waals surface area contributed by atoms with E-state index in [0.717, 1.165) is 12.3 Å². The summed E-state index contributed by atoms with van der Waals surface area (Å²) in [5.74, 6) is 6.62. The van der Waals surface area contributed by atoms with Crippen LogP contribution in [0.4, 0.5) is 0 Å². The van der Waals surface area contributed by atoms with Crippen molar-refractivity contribution in [3.63, 3.8) is 0 Å². The molecule has 0 aliphatic heterocycles. The highest BCUT2D eigenvalue weighted by molar-refractivity contribution is 5.85. The molecule has 3 nitrogen and oxygen atoms in total. The number of hydrogen-bond donors (Lipinski definition) is 2. The fraction of sp³-hybridized carbons (Fsp3) is 0.438. The maximum Gasteiger partial charge on any atom is 0.0469 e. The van der Waals surface area contributed by atoms with E-state index in [9.17, 15) is 0 Å². The summed E-state index contributed by atoms with van der Waals surface area (Å²) < 4.78 is 0. The van der Waals surface area contributed by atoms with E-state index in [2.05, 4.69) is 34.7 Å². The number of fused-ring (bicyclic) bond motifs is 1. The van der Waals surface area contributed by atoms with E-state index in [4.69, 9.17) is 5.84 Å². The second-order valence-corrected chi connectivity index (χ2v) is 5.55. The highest BCUT2D eigenvalue weighted by atomic mass is 15.2. The van der Waals surface area contributed by atoms with Crippen LogP contribution >= 0.6 is 0 Å². The zero-order chi connectivity index (χ0) is 13.1. The van der Waals surface area contributed by atoms with E-state index in [1.54, 1.807) is 0 Å². The minimum absolute atomic E-state index is 0.232. The van der Waals surface area contributed by atoms with Crippen LogP contribution in [-0.4, -0.2) is 4.98 Å². The summed E-state index contributed by atoms with van der Waals surface area (Å²) in [5.41, 5.74) is 4.29. The molecule has 0 saturated heterocycles. The maximum absolute atomic E-state index is 5.80. The molecular formula is C16H21N3. The smallest absolute Gasteiger partial charge is 0.0469 e. The lowest BCUT2D eigenvalue weighted by molar-refractivity contribution is 0.402. The van der Waals surface area contributed by atoms with Gasteiger partial charge in [0.1, 0.15) is 0 Å². The molecule has 0 spiro atoms. The number of nitrogens with zero attached hydrogens (tertiary/aromatic N) is 1. The van der Waals surface area contributed by atoms with Gasteiger partial charge in [0.2, 0.25) is 0 Å². The molecule has 0 radical (unpaired) electrons. The van der Waals surface area contributed by atoms with Crippen LogP contribution in [0.25, 0.3) is 10.8 Å². The van der Waals surface area contributed by atoms with E-state index < -0.39 is 0 Å². The van der Waals surface area contributed by atoms with Crippen LogP contribution in [0.1, 0.15) is 43.7 Å². The Morgan fingerprint density at radius 3 is 2.89 bits per heavy atom. The highest BCUT2D eigenvalue weighted by Gasteiger charge is 2.21. The van der Waals surface area contributed by atoms with Gasteiger partial charge in [0.25, 0.3) is 0 Å². The monoisotopic (exact) mass is 255 g/mol. The van der Waals surface area contributed by atoms with Crippen LogP contribution in [0.15, 0.2) is 36.7 Å². The normalized spacial score (nSPS) is 17.9. The van der Waals surface area contributed by atoms with Gasteiger partial charge in [-0.1, -0.05) is 43.9 Å². The maximum atomic E-state index is 5.80. The number of aromatic nitrogens is 1. The van der Waals surface area contributed by atoms with Gasteiger partial charge < -0.3 is 0 Å². The third-order valence-electron chi connectivity index (χ3n) is 4.34. The average molecular weight is 255 g/mol. The molecule has 3 rings (SSSR count). The molecule has 1 aromatic carbocycles. The second kappa shape index (κ2) is 5.68. The molecule has 19 heavy (non-hydrogen) atoms. The van der Waals surface area contributed by atoms with Crippen molar-refractivity contribution in [1.82, 2.24) is 10.4 Å². The molecule has 1 unspecified atom stereocenters. The van der Waals surface area contributed by atoms with Gasteiger partial charge in [-0.05, 0) is 29.4 Å². The van der Waals surface area contributed by atoms with Crippen molar-refractivity contribution in [3.8, 4) is 0 Å². The van der Waals surface area contributed by atoms with Crippen molar-refractivity contribution in [2.75, 3.05) is 0 Å². The molecule has 1 aliphatic rings. The van der Waals surface area contributed by atoms with Gasteiger partial charge in [-0.2, -0.15) is 0 Å². The first-order valence-corrected chi connectivity index (χ1v) is 7.17. The van der Waals surface area contributed by atoms with Crippen LogP contribution in [0, 0.1) is 5.92 Å². The molecule has 1 atom stereocenters. The Morgan fingerprint density at radius 1 is 1.26 bits per heavy atom. The van der Waals surface area contributed by atoms with Gasteiger partial charge in [-0.3, -0.25) is 16.3 Å². The molecule has 3 N–H and O–H groups in total. The zero-order valence-corrected chi connectivity index (χ0v) is 11.2. The number of pyridine rings is 1. The quantitative estimate of drug-likeness (QED) is 0.651. The Morgan fingerprint density at radius 2 is 2.11 bits per heavy atom. The number of benzene rings is 1. The Labute approximate surface area is 114 Å². The number of rotatable bonds is 4. The van der Waals surface area contributed by atoms with E-state index in [-0.39, 0.29) is 6.04 Å². The molecule has 100 valence electrons. The Bertz CT molecular complexity index is 541. The minimum atomic E-state index is 0.232. The number of nitrogens with one attached hydrogen (secondary N) is 1. The highest BCUT2D eigenvalue weighted by Crippen LogP contribution is 2.34. The van der Waals surface area contributed by atoms with Crippen molar-refractivity contribution in [3.05, 3.63) is 42.2 Å². The standard InChI is InChI=1S/C16H21N3/c17-19-16(10-12-4-1-2-5-12)14-7-3-6-13-8-9-18-11-15(13)14/h3,6-9,11-12,16,19H,1-2,4-5,10,17H2. The van der Waals surface area contributed by atoms with Crippen LogP contribution in [-0.2, 0) is 0 Å². The third-order valence-corrected chi connectivity index (χ3v) is 4.34. The van der Waals surface area contributed by atoms with Crippen LogP contribution in [0.5, 0.6) is 0 Å². The first-order valence-electron chi connectivity index (χ1n) is 7.17. The van der Waals surface area contributed by atoms with E-state index >= 15 is 0 Å². The molecule has 2 aromatic rings. The fourth-order valence-corrected chi connectivity index (χ4v) is 3.31. The lowest BCUT2D eigenvalue weighted by Crippen LogP contribution is -2.29. The van der Waals surface area contributed by atoms with Gasteiger partial charge in [-0.15, -0.1) is 0 Å². The zero-order valence-electron chi connectivity index (χ0n) is 11.2. The second-order valence-electron chi connectivity index (χ2n) is 5.55. The lowest BCUT2D eigenvalue weighted by Gasteiger charge is -2.21. The first kappa shape index (κ1) is 12.6. The summed E-state index contributed by atoms with van der Waals surface area (Å²) in [6.45, 7) is 0. The van der Waals surface area contributed by atoms with Crippen molar-refractivity contribution >= 4 is 10.8 Å². The summed E-state index contributed by atoms with van der Waals surface area (Å²) in [5, 5.41) is 2.45. The Kier molecular flexibility index (Phi) is 3.76. The fourth-order valence-electron chi connectivity index (χ4n) is 3.31. The molecular weight excluding hydrogens is 234 g/mol. The predicted octanol–water partition coefficient (Wildman–Crippen LogP) is 3.32. The SMILES string of the molecule is NNC(CC1CCCC1)c1cccc2ccncc12. The summed E-state index contributed by atoms with van der Waals surface area (Å²) in [4.78, 5) is 4.25. The number of hydrazine groups is 1. The molecule has 0 bridgehead atoms. The minimum Gasteiger partial charge on any atom is -0.271 e. The van der Waals surface area contributed by atoms with E-state index in [1.165, 1.54) is 42.0 Å². The van der Waals surface area contributed by atoms with Gasteiger partial charge in [0, 0.05) is 23.8 Å². The molecule has 1 saturated carbocycles. The predicted molar refractivity (Wildman–Crippen MR) is 78.4 cm³/mol. The van der Waals surface area contributed by atoms with Crippen molar-refractivity contribution in [2.24, 2.45) is 11.8 Å². The molecule has 0 amide bonds. The molecule has 1 aromatic heterocycles. The Balaban J connectivity index is 1.91. The van der Waals surface area contributed by atoms with Gasteiger partial charge in [-0.25, -0.2) is 0 Å². The van der Waals surface area contributed by atoms with Crippen LogP contribution in [0.3, 0.4) is 0 Å². The number of nitrogens with two attached hydrogens (primary N) is 1. The lowest BCUT2D eigenvalue weighted by atomic mass is 9.91. The molecule has 3 heteroatoms. The van der Waals surface area contributed by atoms with Crippen molar-refractivity contribution in [1.29, 1.82) is 0 Å². The molecule has 1 fully saturated rings. The van der Waals surface area contributed by atoms with Crippen molar-refractivity contribution < 1.29 is 0 Å². The Hall–Kier alpha value is -1.45. The largest absolute Gasteiger partial charge is 0.271 e. The summed E-state index contributed by atoms with van der Waals surface area (Å²) in [6.07, 6.45) is 10.4. The summed E-state index contributed by atoms with van der Waals surface area (Å²) in [6, 6.07) is 8.70. The topological polar surface area (TPSA) is 50.9 Å². The molecule has 1 heterocycles. The average Bonchev–Trinajstić information content (AvgIpc) is 2.97. The van der Waals surface area contributed by atoms with Gasteiger partial charge in [0.05, 0.1) is 0 Å². The molecule has 1 aliphatic carbocycles. The number of hydrogen-bond acceptors (Lipinski definition) is 3.